The molecule has 18 heavy (non-hydrogen) atoms. The van der Waals surface area contributed by atoms with Crippen molar-refractivity contribution in [3.63, 3.8) is 0 Å². The smallest absolute Gasteiger partial charge is 0.123 e. The highest BCUT2D eigenvalue weighted by atomic mass is 19.1. The van der Waals surface area contributed by atoms with E-state index in [0.29, 0.717) is 13.1 Å². The molecule has 0 aliphatic heterocycles. The van der Waals surface area contributed by atoms with Crippen LogP contribution in [0.5, 0.6) is 0 Å². The predicted octanol–water partition coefficient (Wildman–Crippen LogP) is 2.56. The Morgan fingerprint density at radius 2 is 2.06 bits per heavy atom. The third-order valence-electron chi connectivity index (χ3n) is 2.80. The van der Waals surface area contributed by atoms with Crippen LogP contribution < -0.4 is 0 Å². The van der Waals surface area contributed by atoms with Crippen molar-refractivity contribution in [3.05, 3.63) is 59.4 Å². The van der Waals surface area contributed by atoms with Crippen LogP contribution in [0.15, 0.2) is 36.8 Å². The van der Waals surface area contributed by atoms with Crippen molar-refractivity contribution >= 4 is 0 Å². The topological polar surface area (TPSA) is 29.0 Å². The first-order chi connectivity index (χ1) is 8.65. The van der Waals surface area contributed by atoms with Gasteiger partial charge in [-0.2, -0.15) is 0 Å². The minimum absolute atomic E-state index is 0.191. The van der Waals surface area contributed by atoms with Crippen molar-refractivity contribution in [2.75, 3.05) is 7.05 Å². The SMILES string of the molecule is Cc1ccc(F)cc1CN(C)Cc1cnccn1. The van der Waals surface area contributed by atoms with Gasteiger partial charge in [0.1, 0.15) is 5.82 Å². The van der Waals surface area contributed by atoms with Gasteiger partial charge >= 0.3 is 0 Å². The van der Waals surface area contributed by atoms with Gasteiger partial charge in [-0.1, -0.05) is 6.07 Å². The van der Waals surface area contributed by atoms with Crippen molar-refractivity contribution in [3.8, 4) is 0 Å². The minimum Gasteiger partial charge on any atom is -0.296 e. The molecule has 0 fully saturated rings. The van der Waals surface area contributed by atoms with Crippen LogP contribution in [0.4, 0.5) is 4.39 Å². The van der Waals surface area contributed by atoms with Gasteiger partial charge in [0.2, 0.25) is 0 Å². The lowest BCUT2D eigenvalue weighted by atomic mass is 10.1. The second-order valence-corrected chi connectivity index (χ2v) is 4.44. The molecular formula is C14H16FN3. The normalized spacial score (nSPS) is 10.9. The maximum Gasteiger partial charge on any atom is 0.123 e. The maximum absolute atomic E-state index is 13.2. The highest BCUT2D eigenvalue weighted by Crippen LogP contribution is 2.13. The molecule has 0 aliphatic carbocycles. The average molecular weight is 245 g/mol. The zero-order chi connectivity index (χ0) is 13.0. The summed E-state index contributed by atoms with van der Waals surface area (Å²) in [5.74, 6) is -0.191. The van der Waals surface area contributed by atoms with Gasteiger partial charge in [0.15, 0.2) is 0 Å². The predicted molar refractivity (Wildman–Crippen MR) is 68.3 cm³/mol. The van der Waals surface area contributed by atoms with Crippen LogP contribution in [0.3, 0.4) is 0 Å². The van der Waals surface area contributed by atoms with Gasteiger partial charge in [-0.15, -0.1) is 0 Å². The van der Waals surface area contributed by atoms with Gasteiger partial charge < -0.3 is 0 Å². The maximum atomic E-state index is 13.2. The Hall–Kier alpha value is -1.81. The minimum atomic E-state index is -0.191. The highest BCUT2D eigenvalue weighted by Gasteiger charge is 2.06. The van der Waals surface area contributed by atoms with Crippen LogP contribution in [-0.4, -0.2) is 21.9 Å². The summed E-state index contributed by atoms with van der Waals surface area (Å²) in [5.41, 5.74) is 3.01. The van der Waals surface area contributed by atoms with E-state index in [-0.39, 0.29) is 5.82 Å². The van der Waals surface area contributed by atoms with E-state index in [1.807, 2.05) is 14.0 Å². The first-order valence-electron chi connectivity index (χ1n) is 5.83. The van der Waals surface area contributed by atoms with E-state index in [1.165, 1.54) is 6.07 Å². The number of nitrogens with zero attached hydrogens (tertiary/aromatic N) is 3. The fourth-order valence-corrected chi connectivity index (χ4v) is 1.85. The molecule has 0 atom stereocenters. The number of aromatic nitrogens is 2. The first-order valence-corrected chi connectivity index (χ1v) is 5.83. The van der Waals surface area contributed by atoms with Crippen LogP contribution in [0.25, 0.3) is 0 Å². The van der Waals surface area contributed by atoms with Crippen LogP contribution in [0.2, 0.25) is 0 Å². The summed E-state index contributed by atoms with van der Waals surface area (Å²) in [7, 11) is 1.99. The van der Waals surface area contributed by atoms with Crippen LogP contribution >= 0.6 is 0 Å². The molecule has 0 bridgehead atoms. The van der Waals surface area contributed by atoms with Gasteiger partial charge in [0.05, 0.1) is 5.69 Å². The quantitative estimate of drug-likeness (QED) is 0.829. The average Bonchev–Trinajstić information content (AvgIpc) is 2.35. The molecule has 0 radical (unpaired) electrons. The first kappa shape index (κ1) is 12.6. The van der Waals surface area contributed by atoms with E-state index in [1.54, 1.807) is 30.7 Å². The molecule has 0 unspecified atom stereocenters. The van der Waals surface area contributed by atoms with E-state index < -0.39 is 0 Å². The van der Waals surface area contributed by atoms with Crippen molar-refractivity contribution in [1.29, 1.82) is 0 Å². The fourth-order valence-electron chi connectivity index (χ4n) is 1.85. The van der Waals surface area contributed by atoms with Crippen LogP contribution in [-0.2, 0) is 13.1 Å². The number of benzene rings is 1. The molecule has 4 heteroatoms. The Morgan fingerprint density at radius 1 is 1.22 bits per heavy atom. The molecular weight excluding hydrogens is 229 g/mol. The molecule has 0 amide bonds. The van der Waals surface area contributed by atoms with Crippen LogP contribution in [0, 0.1) is 12.7 Å². The second-order valence-electron chi connectivity index (χ2n) is 4.44. The summed E-state index contributed by atoms with van der Waals surface area (Å²) in [6.45, 7) is 3.38. The zero-order valence-electron chi connectivity index (χ0n) is 10.6. The molecule has 1 heterocycles. The molecule has 0 spiro atoms. The van der Waals surface area contributed by atoms with E-state index in [0.717, 1.165) is 16.8 Å². The Bertz CT molecular complexity index is 514. The summed E-state index contributed by atoms with van der Waals surface area (Å²) >= 11 is 0. The largest absolute Gasteiger partial charge is 0.296 e. The number of aryl methyl sites for hydroxylation is 1. The van der Waals surface area contributed by atoms with Gasteiger partial charge in [-0.3, -0.25) is 14.9 Å². The molecule has 0 saturated heterocycles. The standard InChI is InChI=1S/C14H16FN3/c1-11-3-4-13(15)7-12(11)9-18(2)10-14-8-16-5-6-17-14/h3-8H,9-10H2,1-2H3. The molecule has 1 aromatic carbocycles. The molecule has 2 aromatic rings. The van der Waals surface area contributed by atoms with Crippen molar-refractivity contribution < 1.29 is 4.39 Å². The lowest BCUT2D eigenvalue weighted by molar-refractivity contribution is 0.313. The molecule has 0 saturated carbocycles. The van der Waals surface area contributed by atoms with Crippen LogP contribution in [0.1, 0.15) is 16.8 Å². The van der Waals surface area contributed by atoms with E-state index in [9.17, 15) is 4.39 Å². The molecule has 3 nitrogen and oxygen atoms in total. The van der Waals surface area contributed by atoms with Gasteiger partial charge in [-0.05, 0) is 37.2 Å². The number of halogens is 1. The van der Waals surface area contributed by atoms with Gasteiger partial charge in [0, 0.05) is 31.7 Å². The van der Waals surface area contributed by atoms with Gasteiger partial charge in [-0.25, -0.2) is 4.39 Å². The summed E-state index contributed by atoms with van der Waals surface area (Å²) in [6.07, 6.45) is 5.08. The lowest BCUT2D eigenvalue weighted by Crippen LogP contribution is -2.18. The molecule has 0 aliphatic rings. The third-order valence-corrected chi connectivity index (χ3v) is 2.80. The Kier molecular flexibility index (Phi) is 3.99. The van der Waals surface area contributed by atoms with E-state index in [2.05, 4.69) is 14.9 Å². The number of rotatable bonds is 4. The zero-order valence-corrected chi connectivity index (χ0v) is 10.6. The molecule has 94 valence electrons. The Balaban J connectivity index is 2.03. The second kappa shape index (κ2) is 5.69. The molecule has 2 rings (SSSR count). The van der Waals surface area contributed by atoms with E-state index >= 15 is 0 Å². The fraction of sp³-hybridized carbons (Fsp3) is 0.286. The van der Waals surface area contributed by atoms with Crippen molar-refractivity contribution in [2.24, 2.45) is 0 Å². The highest BCUT2D eigenvalue weighted by molar-refractivity contribution is 5.26. The summed E-state index contributed by atoms with van der Waals surface area (Å²) in [6, 6.07) is 4.88. The monoisotopic (exact) mass is 245 g/mol. The van der Waals surface area contributed by atoms with Crippen molar-refractivity contribution in [1.82, 2.24) is 14.9 Å². The third kappa shape index (κ3) is 3.34. The summed E-state index contributed by atoms with van der Waals surface area (Å²) in [4.78, 5) is 10.3. The van der Waals surface area contributed by atoms with Crippen molar-refractivity contribution in [2.45, 2.75) is 20.0 Å². The Labute approximate surface area is 106 Å². The van der Waals surface area contributed by atoms with Gasteiger partial charge in [0.25, 0.3) is 0 Å². The number of hydrogen-bond donors (Lipinski definition) is 0. The van der Waals surface area contributed by atoms with E-state index in [4.69, 9.17) is 0 Å². The molecule has 0 N–H and O–H groups in total. The summed E-state index contributed by atoms with van der Waals surface area (Å²) < 4.78 is 13.2. The molecule has 1 aromatic heterocycles. The lowest BCUT2D eigenvalue weighted by Gasteiger charge is -2.17. The Morgan fingerprint density at radius 3 is 2.78 bits per heavy atom. The number of hydrogen-bond acceptors (Lipinski definition) is 3. The summed E-state index contributed by atoms with van der Waals surface area (Å²) in [5, 5.41) is 0.